The van der Waals surface area contributed by atoms with E-state index in [0.29, 0.717) is 23.9 Å². The van der Waals surface area contributed by atoms with Crippen molar-refractivity contribution in [2.45, 2.75) is 19.8 Å². The number of aromatic nitrogens is 1. The topological polar surface area (TPSA) is 74.4 Å². The molecule has 1 atom stereocenters. The first kappa shape index (κ1) is 16.7. The van der Waals surface area contributed by atoms with Gasteiger partial charge in [0.15, 0.2) is 5.43 Å². The molecular weight excluding hydrogens is 282 g/mol. The lowest BCUT2D eigenvalue weighted by Crippen LogP contribution is -2.32. The summed E-state index contributed by atoms with van der Waals surface area (Å²) in [7, 11) is 1.72. The van der Waals surface area contributed by atoms with E-state index >= 15 is 0 Å². The molecule has 0 saturated carbocycles. The highest BCUT2D eigenvalue weighted by atomic mass is 16.5. The zero-order valence-corrected chi connectivity index (χ0v) is 13.4. The van der Waals surface area contributed by atoms with Gasteiger partial charge in [0, 0.05) is 51.2 Å². The Morgan fingerprint density at radius 2 is 2.32 bits per heavy atom. The van der Waals surface area contributed by atoms with Crippen LogP contribution < -0.4 is 10.7 Å². The van der Waals surface area contributed by atoms with Gasteiger partial charge in [-0.1, -0.05) is 0 Å². The Morgan fingerprint density at radius 1 is 1.50 bits per heavy atom. The Hall–Kier alpha value is -1.66. The van der Waals surface area contributed by atoms with Crippen molar-refractivity contribution < 1.29 is 9.53 Å². The molecular formula is C16H25N3O3. The second kappa shape index (κ2) is 8.10. The first-order chi connectivity index (χ1) is 10.6. The molecule has 0 spiro atoms. The van der Waals surface area contributed by atoms with Crippen molar-refractivity contribution in [3.63, 3.8) is 0 Å². The van der Waals surface area contributed by atoms with E-state index in [-0.39, 0.29) is 11.3 Å². The van der Waals surface area contributed by atoms with Crippen LogP contribution in [0.4, 0.5) is 0 Å². The standard InChI is InChI=1S/C16H25N3O3/c1-12-8-14(20)9-15(18-12)16(21)17-10-13-4-6-19(11-13)5-3-7-22-2/h8-9,13H,3-7,10-11H2,1-2H3,(H,17,21)(H,18,20). The minimum atomic E-state index is -0.210. The predicted molar refractivity (Wildman–Crippen MR) is 85.2 cm³/mol. The highest BCUT2D eigenvalue weighted by Crippen LogP contribution is 2.15. The number of hydrogen-bond donors (Lipinski definition) is 2. The number of carbonyl (C=O) groups is 1. The zero-order chi connectivity index (χ0) is 15.9. The highest BCUT2D eigenvalue weighted by Gasteiger charge is 2.22. The lowest BCUT2D eigenvalue weighted by molar-refractivity contribution is 0.0942. The van der Waals surface area contributed by atoms with Gasteiger partial charge in [-0.25, -0.2) is 0 Å². The van der Waals surface area contributed by atoms with Gasteiger partial charge in [0.1, 0.15) is 5.69 Å². The number of rotatable bonds is 7. The summed E-state index contributed by atoms with van der Waals surface area (Å²) in [6.45, 7) is 6.34. The smallest absolute Gasteiger partial charge is 0.267 e. The molecule has 1 saturated heterocycles. The van der Waals surface area contributed by atoms with Gasteiger partial charge in [-0.15, -0.1) is 0 Å². The summed E-state index contributed by atoms with van der Waals surface area (Å²) in [4.78, 5) is 28.9. The molecule has 22 heavy (non-hydrogen) atoms. The van der Waals surface area contributed by atoms with Gasteiger partial charge in [-0.2, -0.15) is 0 Å². The number of H-pyrrole nitrogens is 1. The molecule has 0 radical (unpaired) electrons. The Bertz CT molecular complexity index is 556. The molecule has 1 unspecified atom stereocenters. The number of amides is 1. The molecule has 0 aromatic carbocycles. The molecule has 1 aromatic rings. The number of nitrogens with zero attached hydrogens (tertiary/aromatic N) is 1. The Kier molecular flexibility index (Phi) is 6.15. The van der Waals surface area contributed by atoms with Gasteiger partial charge in [0.05, 0.1) is 0 Å². The molecule has 6 heteroatoms. The summed E-state index contributed by atoms with van der Waals surface area (Å²) in [5.74, 6) is 0.265. The van der Waals surface area contributed by atoms with E-state index in [1.165, 1.54) is 12.1 Å². The van der Waals surface area contributed by atoms with Gasteiger partial charge in [-0.05, 0) is 32.2 Å². The first-order valence-corrected chi connectivity index (χ1v) is 7.79. The van der Waals surface area contributed by atoms with Gasteiger partial charge >= 0.3 is 0 Å². The van der Waals surface area contributed by atoms with E-state index in [1.807, 2.05) is 0 Å². The first-order valence-electron chi connectivity index (χ1n) is 7.79. The number of hydrogen-bond acceptors (Lipinski definition) is 4. The minimum absolute atomic E-state index is 0.147. The number of carbonyl (C=O) groups excluding carboxylic acids is 1. The lowest BCUT2D eigenvalue weighted by atomic mass is 10.1. The molecule has 122 valence electrons. The number of methoxy groups -OCH3 is 1. The van der Waals surface area contributed by atoms with Crippen molar-refractivity contribution in [2.75, 3.05) is 39.9 Å². The van der Waals surface area contributed by atoms with Gasteiger partial charge in [0.2, 0.25) is 0 Å². The van der Waals surface area contributed by atoms with E-state index in [0.717, 1.165) is 39.1 Å². The molecule has 0 aliphatic carbocycles. The van der Waals surface area contributed by atoms with Crippen molar-refractivity contribution in [1.29, 1.82) is 0 Å². The summed E-state index contributed by atoms with van der Waals surface area (Å²) < 4.78 is 5.06. The fourth-order valence-corrected chi connectivity index (χ4v) is 2.85. The summed E-state index contributed by atoms with van der Waals surface area (Å²) in [6, 6.07) is 2.82. The van der Waals surface area contributed by atoms with Crippen LogP contribution in [-0.4, -0.2) is 55.7 Å². The number of nitrogens with one attached hydrogen (secondary N) is 2. The number of likely N-dealkylation sites (tertiary alicyclic amines) is 1. The van der Waals surface area contributed by atoms with Gasteiger partial charge in [0.25, 0.3) is 5.91 Å². The fourth-order valence-electron chi connectivity index (χ4n) is 2.85. The zero-order valence-electron chi connectivity index (χ0n) is 13.4. The van der Waals surface area contributed by atoms with Crippen LogP contribution in [0.5, 0.6) is 0 Å². The van der Waals surface area contributed by atoms with E-state index in [9.17, 15) is 9.59 Å². The molecule has 1 aromatic heterocycles. The van der Waals surface area contributed by atoms with E-state index in [2.05, 4.69) is 15.2 Å². The SMILES string of the molecule is COCCCN1CCC(CNC(=O)c2cc(=O)cc(C)[nH]2)C1. The average molecular weight is 307 g/mol. The van der Waals surface area contributed by atoms with Crippen LogP contribution in [0, 0.1) is 12.8 Å². The summed E-state index contributed by atoms with van der Waals surface area (Å²) in [5, 5.41) is 2.92. The van der Waals surface area contributed by atoms with Gasteiger partial charge < -0.3 is 19.9 Å². The van der Waals surface area contributed by atoms with Crippen LogP contribution >= 0.6 is 0 Å². The van der Waals surface area contributed by atoms with E-state index < -0.39 is 0 Å². The molecule has 1 aliphatic heterocycles. The molecule has 2 N–H and O–H groups in total. The Labute approximate surface area is 130 Å². The normalized spacial score (nSPS) is 18.5. The van der Waals surface area contributed by atoms with Crippen molar-refractivity contribution in [3.05, 3.63) is 33.7 Å². The number of ether oxygens (including phenoxy) is 1. The second-order valence-corrected chi connectivity index (χ2v) is 5.92. The third-order valence-corrected chi connectivity index (χ3v) is 3.97. The quantitative estimate of drug-likeness (QED) is 0.730. The van der Waals surface area contributed by atoms with Crippen LogP contribution in [0.2, 0.25) is 0 Å². The van der Waals surface area contributed by atoms with Crippen LogP contribution in [0.15, 0.2) is 16.9 Å². The molecule has 2 rings (SSSR count). The summed E-state index contributed by atoms with van der Waals surface area (Å²) >= 11 is 0. The minimum Gasteiger partial charge on any atom is -0.385 e. The monoisotopic (exact) mass is 307 g/mol. The predicted octanol–water partition coefficient (Wildman–Crippen LogP) is 0.772. The van der Waals surface area contributed by atoms with Crippen LogP contribution in [0.25, 0.3) is 0 Å². The highest BCUT2D eigenvalue weighted by molar-refractivity contribution is 5.92. The molecule has 0 bridgehead atoms. The lowest BCUT2D eigenvalue weighted by Gasteiger charge is -2.16. The van der Waals surface area contributed by atoms with Gasteiger partial charge in [-0.3, -0.25) is 9.59 Å². The third kappa shape index (κ3) is 4.96. The number of pyridine rings is 1. The average Bonchev–Trinajstić information content (AvgIpc) is 2.92. The van der Waals surface area contributed by atoms with Crippen LogP contribution in [0.3, 0.4) is 0 Å². The largest absolute Gasteiger partial charge is 0.385 e. The van der Waals surface area contributed by atoms with E-state index in [4.69, 9.17) is 4.74 Å². The Balaban J connectivity index is 1.76. The summed E-state index contributed by atoms with van der Waals surface area (Å²) in [5.41, 5.74) is 0.884. The number of aryl methyl sites for hydroxylation is 1. The maximum absolute atomic E-state index is 12.1. The van der Waals surface area contributed by atoms with Crippen LogP contribution in [0.1, 0.15) is 29.0 Å². The number of aromatic amines is 1. The maximum atomic E-state index is 12.1. The van der Waals surface area contributed by atoms with Crippen molar-refractivity contribution in [2.24, 2.45) is 5.92 Å². The van der Waals surface area contributed by atoms with Crippen LogP contribution in [-0.2, 0) is 4.74 Å². The molecule has 1 aliphatic rings. The van der Waals surface area contributed by atoms with Crippen molar-refractivity contribution in [3.8, 4) is 0 Å². The molecule has 6 nitrogen and oxygen atoms in total. The Morgan fingerprint density at radius 3 is 3.05 bits per heavy atom. The van der Waals surface area contributed by atoms with E-state index in [1.54, 1.807) is 14.0 Å². The molecule has 1 amide bonds. The third-order valence-electron chi connectivity index (χ3n) is 3.97. The molecule has 2 heterocycles. The second-order valence-electron chi connectivity index (χ2n) is 5.92. The summed E-state index contributed by atoms with van der Waals surface area (Å²) in [6.07, 6.45) is 2.14. The fraction of sp³-hybridized carbons (Fsp3) is 0.625. The maximum Gasteiger partial charge on any atom is 0.267 e. The molecule has 1 fully saturated rings. The van der Waals surface area contributed by atoms with Crippen molar-refractivity contribution in [1.82, 2.24) is 15.2 Å². The van der Waals surface area contributed by atoms with Crippen molar-refractivity contribution >= 4 is 5.91 Å².